The van der Waals surface area contributed by atoms with Crippen molar-refractivity contribution in [2.75, 3.05) is 17.7 Å². The third-order valence-corrected chi connectivity index (χ3v) is 3.98. The molecule has 3 aromatic carbocycles. The standard InChI is InChI=1S/C22H21N3O2/c1-27-21-10-6-5-7-17(21)15-16-24-22(26)25(19-8-3-2-4-9-19)20-13-11-18(23)12-14-20/h2-16H,23H2,1H3,(H,24,26)/b16-15+. The van der Waals surface area contributed by atoms with Gasteiger partial charge in [0.15, 0.2) is 0 Å². The number of amides is 2. The summed E-state index contributed by atoms with van der Waals surface area (Å²) in [6.07, 6.45) is 3.40. The number of nitrogens with zero attached hydrogens (tertiary/aromatic N) is 1. The van der Waals surface area contributed by atoms with Crippen molar-refractivity contribution in [3.8, 4) is 5.75 Å². The SMILES string of the molecule is COc1ccccc1/C=C/NC(=O)N(c1ccccc1)c1ccc(N)cc1. The van der Waals surface area contributed by atoms with Gasteiger partial charge in [0.2, 0.25) is 0 Å². The smallest absolute Gasteiger partial charge is 0.330 e. The summed E-state index contributed by atoms with van der Waals surface area (Å²) in [5.41, 5.74) is 8.76. The molecule has 0 saturated heterocycles. The number of carbonyl (C=O) groups excluding carboxylic acids is 1. The minimum Gasteiger partial charge on any atom is -0.496 e. The quantitative estimate of drug-likeness (QED) is 0.643. The van der Waals surface area contributed by atoms with Gasteiger partial charge in [-0.3, -0.25) is 4.90 Å². The lowest BCUT2D eigenvalue weighted by molar-refractivity contribution is 0.251. The van der Waals surface area contributed by atoms with E-state index in [1.165, 1.54) is 0 Å². The Morgan fingerprint density at radius 2 is 1.56 bits per heavy atom. The highest BCUT2D eigenvalue weighted by atomic mass is 16.5. The highest BCUT2D eigenvalue weighted by Crippen LogP contribution is 2.26. The van der Waals surface area contributed by atoms with Crippen LogP contribution in [0.5, 0.6) is 5.75 Å². The number of para-hydroxylation sites is 2. The van der Waals surface area contributed by atoms with Gasteiger partial charge in [0.25, 0.3) is 0 Å². The molecule has 136 valence electrons. The van der Waals surface area contributed by atoms with Crippen LogP contribution in [0.1, 0.15) is 5.56 Å². The molecule has 3 rings (SSSR count). The number of carbonyl (C=O) groups is 1. The summed E-state index contributed by atoms with van der Waals surface area (Å²) in [6.45, 7) is 0. The number of methoxy groups -OCH3 is 1. The van der Waals surface area contributed by atoms with Gasteiger partial charge in [-0.25, -0.2) is 4.79 Å². The van der Waals surface area contributed by atoms with Gasteiger partial charge in [-0.05, 0) is 48.5 Å². The van der Waals surface area contributed by atoms with E-state index in [4.69, 9.17) is 10.5 Å². The predicted molar refractivity (Wildman–Crippen MR) is 110 cm³/mol. The maximum atomic E-state index is 12.9. The van der Waals surface area contributed by atoms with Gasteiger partial charge in [-0.15, -0.1) is 0 Å². The first kappa shape index (κ1) is 18.1. The summed E-state index contributed by atoms with van der Waals surface area (Å²) in [6, 6.07) is 23.9. The molecule has 2 amide bonds. The molecule has 3 N–H and O–H groups in total. The molecule has 0 aliphatic heterocycles. The minimum atomic E-state index is -0.280. The second-order valence-corrected chi connectivity index (χ2v) is 5.79. The van der Waals surface area contributed by atoms with Crippen molar-refractivity contribution in [2.24, 2.45) is 0 Å². The number of hydrogen-bond acceptors (Lipinski definition) is 3. The van der Waals surface area contributed by atoms with Crippen LogP contribution in [0.2, 0.25) is 0 Å². The summed E-state index contributed by atoms with van der Waals surface area (Å²) >= 11 is 0. The maximum Gasteiger partial charge on any atom is 0.330 e. The van der Waals surface area contributed by atoms with Gasteiger partial charge >= 0.3 is 6.03 Å². The van der Waals surface area contributed by atoms with Crippen molar-refractivity contribution < 1.29 is 9.53 Å². The fraction of sp³-hybridized carbons (Fsp3) is 0.0455. The van der Waals surface area contributed by atoms with Crippen LogP contribution < -0.4 is 20.7 Å². The van der Waals surface area contributed by atoms with E-state index in [-0.39, 0.29) is 6.03 Å². The molecule has 5 nitrogen and oxygen atoms in total. The van der Waals surface area contributed by atoms with Crippen molar-refractivity contribution in [1.29, 1.82) is 0 Å². The predicted octanol–water partition coefficient (Wildman–Crippen LogP) is 4.80. The lowest BCUT2D eigenvalue weighted by Crippen LogP contribution is -2.33. The van der Waals surface area contributed by atoms with E-state index in [9.17, 15) is 4.79 Å². The number of benzene rings is 3. The number of nitrogens with two attached hydrogens (primary N) is 1. The van der Waals surface area contributed by atoms with E-state index in [0.717, 1.165) is 22.7 Å². The van der Waals surface area contributed by atoms with Crippen LogP contribution in [0.3, 0.4) is 0 Å². The Balaban J connectivity index is 1.83. The highest BCUT2D eigenvalue weighted by molar-refractivity contribution is 6.00. The molecule has 0 unspecified atom stereocenters. The van der Waals surface area contributed by atoms with E-state index >= 15 is 0 Å². The van der Waals surface area contributed by atoms with Gasteiger partial charge in [0.1, 0.15) is 5.75 Å². The summed E-state index contributed by atoms with van der Waals surface area (Å²) in [4.78, 5) is 14.5. The van der Waals surface area contributed by atoms with Crippen LogP contribution in [-0.2, 0) is 0 Å². The Hall–Kier alpha value is -3.73. The molecule has 3 aromatic rings. The number of ether oxygens (including phenoxy) is 1. The summed E-state index contributed by atoms with van der Waals surface area (Å²) in [5, 5.41) is 2.81. The molecule has 5 heteroatoms. The van der Waals surface area contributed by atoms with Crippen molar-refractivity contribution in [1.82, 2.24) is 5.32 Å². The second-order valence-electron chi connectivity index (χ2n) is 5.79. The molecule has 0 saturated carbocycles. The molecule has 27 heavy (non-hydrogen) atoms. The lowest BCUT2D eigenvalue weighted by atomic mass is 10.2. The third kappa shape index (κ3) is 4.46. The topological polar surface area (TPSA) is 67.6 Å². The first-order valence-electron chi connectivity index (χ1n) is 8.50. The second kappa shape index (κ2) is 8.58. The Morgan fingerprint density at radius 3 is 2.26 bits per heavy atom. The monoisotopic (exact) mass is 359 g/mol. The summed E-state index contributed by atoms with van der Waals surface area (Å²) < 4.78 is 5.31. The van der Waals surface area contributed by atoms with Crippen molar-refractivity contribution >= 4 is 29.2 Å². The number of rotatable bonds is 5. The molecular weight excluding hydrogens is 338 g/mol. The highest BCUT2D eigenvalue weighted by Gasteiger charge is 2.16. The Labute approximate surface area is 158 Å². The Kier molecular flexibility index (Phi) is 5.74. The first-order valence-corrected chi connectivity index (χ1v) is 8.50. The van der Waals surface area contributed by atoms with E-state index in [2.05, 4.69) is 5.32 Å². The van der Waals surface area contributed by atoms with E-state index in [1.807, 2.05) is 66.7 Å². The fourth-order valence-electron chi connectivity index (χ4n) is 2.66. The average molecular weight is 359 g/mol. The zero-order chi connectivity index (χ0) is 19.1. The number of nitrogen functional groups attached to an aromatic ring is 1. The van der Waals surface area contributed by atoms with Crippen LogP contribution in [0.15, 0.2) is 85.1 Å². The van der Waals surface area contributed by atoms with Crippen LogP contribution in [0, 0.1) is 0 Å². The Morgan fingerprint density at radius 1 is 0.926 bits per heavy atom. The number of anilines is 3. The van der Waals surface area contributed by atoms with E-state index < -0.39 is 0 Å². The molecule has 0 aliphatic rings. The first-order chi connectivity index (χ1) is 13.2. The molecule has 0 fully saturated rings. The van der Waals surface area contributed by atoms with Gasteiger partial charge in [-0.2, -0.15) is 0 Å². The number of urea groups is 1. The van der Waals surface area contributed by atoms with Crippen LogP contribution in [0.4, 0.5) is 21.9 Å². The zero-order valence-corrected chi connectivity index (χ0v) is 15.0. The third-order valence-electron chi connectivity index (χ3n) is 3.98. The average Bonchev–Trinajstić information content (AvgIpc) is 2.71. The van der Waals surface area contributed by atoms with Crippen molar-refractivity contribution in [2.45, 2.75) is 0 Å². The largest absolute Gasteiger partial charge is 0.496 e. The molecule has 0 radical (unpaired) electrons. The lowest BCUT2D eigenvalue weighted by Gasteiger charge is -2.22. The molecule has 0 aliphatic carbocycles. The summed E-state index contributed by atoms with van der Waals surface area (Å²) in [5.74, 6) is 0.737. The molecule has 0 atom stereocenters. The molecule has 0 spiro atoms. The fourth-order valence-corrected chi connectivity index (χ4v) is 2.66. The molecular formula is C22H21N3O2. The Bertz CT molecular complexity index is 922. The van der Waals surface area contributed by atoms with Gasteiger partial charge in [-0.1, -0.05) is 36.4 Å². The van der Waals surface area contributed by atoms with Crippen LogP contribution in [-0.4, -0.2) is 13.1 Å². The number of nitrogens with one attached hydrogen (secondary N) is 1. The molecule has 0 bridgehead atoms. The zero-order valence-electron chi connectivity index (χ0n) is 15.0. The van der Waals surface area contributed by atoms with Crippen molar-refractivity contribution in [3.63, 3.8) is 0 Å². The van der Waals surface area contributed by atoms with Gasteiger partial charge < -0.3 is 15.8 Å². The van der Waals surface area contributed by atoms with E-state index in [0.29, 0.717) is 5.69 Å². The van der Waals surface area contributed by atoms with Crippen LogP contribution in [0.25, 0.3) is 6.08 Å². The van der Waals surface area contributed by atoms with E-state index in [1.54, 1.807) is 36.4 Å². The van der Waals surface area contributed by atoms with Crippen LogP contribution >= 0.6 is 0 Å². The molecule has 0 heterocycles. The van der Waals surface area contributed by atoms with Crippen molar-refractivity contribution in [3.05, 3.63) is 90.6 Å². The van der Waals surface area contributed by atoms with Gasteiger partial charge in [0.05, 0.1) is 18.5 Å². The molecule has 0 aromatic heterocycles. The normalized spacial score (nSPS) is 10.6. The number of hydrogen-bond donors (Lipinski definition) is 2. The van der Waals surface area contributed by atoms with Gasteiger partial charge in [0, 0.05) is 17.5 Å². The maximum absolute atomic E-state index is 12.9. The summed E-state index contributed by atoms with van der Waals surface area (Å²) in [7, 11) is 1.61. The minimum absolute atomic E-state index is 0.280.